The molecule has 1 fully saturated rings. The van der Waals surface area contributed by atoms with E-state index >= 15 is 0 Å². The molecule has 0 aliphatic carbocycles. The predicted octanol–water partition coefficient (Wildman–Crippen LogP) is 5.22. The highest BCUT2D eigenvalue weighted by Gasteiger charge is 2.45. The van der Waals surface area contributed by atoms with E-state index < -0.39 is 17.7 Å². The first-order valence-electron chi connectivity index (χ1n) is 9.35. The molecule has 29 heavy (non-hydrogen) atoms. The van der Waals surface area contributed by atoms with Crippen LogP contribution in [-0.4, -0.2) is 34.8 Å². The first-order valence-corrected chi connectivity index (χ1v) is 10.1. The molecular weight excluding hydrogens is 413 g/mol. The first-order chi connectivity index (χ1) is 13.9. The number of benzene rings is 2. The molecule has 1 aliphatic heterocycles. The summed E-state index contributed by atoms with van der Waals surface area (Å²) in [7, 11) is 0. The maximum atomic E-state index is 12.8. The minimum Gasteiger partial charge on any atom is -0.507 e. The third-order valence-electron chi connectivity index (χ3n) is 4.69. The van der Waals surface area contributed by atoms with Crippen LogP contribution in [0.3, 0.4) is 0 Å². The Morgan fingerprint density at radius 1 is 1.10 bits per heavy atom. The van der Waals surface area contributed by atoms with Gasteiger partial charge in [-0.15, -0.1) is 0 Å². The molecule has 1 saturated heterocycles. The van der Waals surface area contributed by atoms with Crippen LogP contribution in [0.5, 0.6) is 5.75 Å². The van der Waals surface area contributed by atoms with E-state index in [2.05, 4.69) is 0 Å². The number of Topliss-reactive ketones (excluding diaryl/α,β-unsaturated/α-hetero) is 1. The number of rotatable bonds is 6. The van der Waals surface area contributed by atoms with Crippen molar-refractivity contribution in [1.82, 2.24) is 4.90 Å². The summed E-state index contributed by atoms with van der Waals surface area (Å²) in [6.45, 7) is 4.53. The Kier molecular flexibility index (Phi) is 6.50. The van der Waals surface area contributed by atoms with E-state index in [1.165, 1.54) is 4.90 Å². The molecule has 7 heteroatoms. The summed E-state index contributed by atoms with van der Waals surface area (Å²) in [4.78, 5) is 27.0. The Bertz CT molecular complexity index is 969. The molecule has 3 rings (SSSR count). The second-order valence-electron chi connectivity index (χ2n) is 6.62. The molecule has 1 heterocycles. The average molecular weight is 434 g/mol. The molecule has 0 saturated carbocycles. The molecule has 152 valence electrons. The normalized spacial score (nSPS) is 18.3. The molecule has 1 N–H and O–H groups in total. The zero-order valence-corrected chi connectivity index (χ0v) is 17.6. The van der Waals surface area contributed by atoms with Crippen molar-refractivity contribution in [1.29, 1.82) is 0 Å². The molecule has 1 atom stereocenters. The topological polar surface area (TPSA) is 66.8 Å². The van der Waals surface area contributed by atoms with E-state index in [0.29, 0.717) is 46.5 Å². The fraction of sp³-hybridized carbons (Fsp3) is 0.273. The molecule has 1 unspecified atom stereocenters. The van der Waals surface area contributed by atoms with Crippen molar-refractivity contribution in [3.63, 3.8) is 0 Å². The first kappa shape index (κ1) is 21.2. The number of aliphatic hydroxyl groups excluding tert-OH is 1. The highest BCUT2D eigenvalue weighted by Crippen LogP contribution is 2.40. The Balaban J connectivity index is 2.17. The number of hydrogen-bond donors (Lipinski definition) is 1. The van der Waals surface area contributed by atoms with Gasteiger partial charge in [0.25, 0.3) is 11.7 Å². The van der Waals surface area contributed by atoms with Gasteiger partial charge in [-0.3, -0.25) is 9.59 Å². The van der Waals surface area contributed by atoms with Gasteiger partial charge in [-0.05, 0) is 49.2 Å². The fourth-order valence-corrected chi connectivity index (χ4v) is 3.71. The Morgan fingerprint density at radius 2 is 1.79 bits per heavy atom. The molecule has 5 nitrogen and oxygen atoms in total. The van der Waals surface area contributed by atoms with Crippen molar-refractivity contribution in [2.75, 3.05) is 13.2 Å². The Hall–Kier alpha value is -2.50. The summed E-state index contributed by atoms with van der Waals surface area (Å²) < 4.78 is 5.48. The summed E-state index contributed by atoms with van der Waals surface area (Å²) in [5.41, 5.74) is 1.09. The summed E-state index contributed by atoms with van der Waals surface area (Å²) >= 11 is 12.1. The number of carbonyl (C=O) groups is 2. The number of carbonyl (C=O) groups excluding carboxylic acids is 2. The van der Waals surface area contributed by atoms with E-state index in [4.69, 9.17) is 27.9 Å². The van der Waals surface area contributed by atoms with Gasteiger partial charge >= 0.3 is 0 Å². The van der Waals surface area contributed by atoms with Crippen molar-refractivity contribution in [3.8, 4) is 5.75 Å². The smallest absolute Gasteiger partial charge is 0.295 e. The number of hydrogen-bond acceptors (Lipinski definition) is 4. The van der Waals surface area contributed by atoms with Crippen LogP contribution in [0.25, 0.3) is 5.76 Å². The molecule has 1 aliphatic rings. The minimum atomic E-state index is -0.719. The van der Waals surface area contributed by atoms with E-state index in [1.54, 1.807) is 42.5 Å². The molecule has 0 aromatic heterocycles. The second kappa shape index (κ2) is 8.89. The van der Waals surface area contributed by atoms with Crippen LogP contribution in [0, 0.1) is 0 Å². The second-order valence-corrected chi connectivity index (χ2v) is 7.47. The van der Waals surface area contributed by atoms with Crippen molar-refractivity contribution < 1.29 is 19.4 Å². The number of ether oxygens (including phenoxy) is 1. The lowest BCUT2D eigenvalue weighted by molar-refractivity contribution is -0.139. The molecule has 0 radical (unpaired) electrons. The average Bonchev–Trinajstić information content (AvgIpc) is 2.95. The van der Waals surface area contributed by atoms with E-state index in [0.717, 1.165) is 0 Å². The van der Waals surface area contributed by atoms with Crippen LogP contribution in [0.1, 0.15) is 37.4 Å². The lowest BCUT2D eigenvalue weighted by atomic mass is 9.95. The Morgan fingerprint density at radius 3 is 2.41 bits per heavy atom. The van der Waals surface area contributed by atoms with Crippen molar-refractivity contribution in [2.45, 2.75) is 26.3 Å². The van der Waals surface area contributed by atoms with Gasteiger partial charge in [0.05, 0.1) is 23.2 Å². The maximum absolute atomic E-state index is 12.8. The van der Waals surface area contributed by atoms with Crippen LogP contribution in [-0.2, 0) is 9.59 Å². The lowest BCUT2D eigenvalue weighted by Gasteiger charge is -2.25. The standard InChI is InChI=1S/C22H21Cl2NO4/c1-3-11-25-19(13-5-8-15(23)9-6-13)18(21(27)22(25)28)20(26)14-7-10-16(24)17(12-14)29-4-2/h5-10,12,19,26H,3-4,11H2,1-2H3/b20-18-. The molecule has 0 spiro atoms. The highest BCUT2D eigenvalue weighted by molar-refractivity contribution is 6.46. The zero-order valence-electron chi connectivity index (χ0n) is 16.1. The van der Waals surface area contributed by atoms with Crippen LogP contribution >= 0.6 is 23.2 Å². The van der Waals surface area contributed by atoms with Crippen LogP contribution < -0.4 is 4.74 Å². The highest BCUT2D eigenvalue weighted by atomic mass is 35.5. The quantitative estimate of drug-likeness (QED) is 0.385. The number of nitrogens with zero attached hydrogens (tertiary/aromatic N) is 1. The number of ketones is 1. The summed E-state index contributed by atoms with van der Waals surface area (Å²) in [6.07, 6.45) is 0.673. The van der Waals surface area contributed by atoms with Crippen LogP contribution in [0.4, 0.5) is 0 Å². The van der Waals surface area contributed by atoms with Gasteiger partial charge in [0.15, 0.2) is 0 Å². The van der Waals surface area contributed by atoms with Gasteiger partial charge in [0.1, 0.15) is 11.5 Å². The third-order valence-corrected chi connectivity index (χ3v) is 5.26. The predicted molar refractivity (Wildman–Crippen MR) is 113 cm³/mol. The third kappa shape index (κ3) is 4.11. The van der Waals surface area contributed by atoms with Crippen molar-refractivity contribution in [2.24, 2.45) is 0 Å². The van der Waals surface area contributed by atoms with Gasteiger partial charge in [0, 0.05) is 17.1 Å². The zero-order chi connectivity index (χ0) is 21.1. The van der Waals surface area contributed by atoms with Gasteiger partial charge in [0.2, 0.25) is 0 Å². The Labute approximate surface area is 179 Å². The lowest BCUT2D eigenvalue weighted by Crippen LogP contribution is -2.30. The minimum absolute atomic E-state index is 0.0375. The van der Waals surface area contributed by atoms with E-state index in [1.807, 2.05) is 13.8 Å². The van der Waals surface area contributed by atoms with Gasteiger partial charge in [-0.25, -0.2) is 0 Å². The van der Waals surface area contributed by atoms with Crippen molar-refractivity contribution >= 4 is 40.7 Å². The SMILES string of the molecule is CCCN1C(=O)C(=O)/C(=C(\O)c2ccc(Cl)c(OCC)c2)C1c1ccc(Cl)cc1. The van der Waals surface area contributed by atoms with E-state index in [-0.39, 0.29) is 11.3 Å². The van der Waals surface area contributed by atoms with Crippen molar-refractivity contribution in [3.05, 3.63) is 69.2 Å². The summed E-state index contributed by atoms with van der Waals surface area (Å²) in [6, 6.07) is 10.9. The number of halogens is 2. The van der Waals surface area contributed by atoms with Crippen LogP contribution in [0.2, 0.25) is 10.0 Å². The fourth-order valence-electron chi connectivity index (χ4n) is 3.42. The van der Waals surface area contributed by atoms with E-state index in [9.17, 15) is 14.7 Å². The maximum Gasteiger partial charge on any atom is 0.295 e. The van der Waals surface area contributed by atoms with Gasteiger partial charge in [-0.1, -0.05) is 42.3 Å². The summed E-state index contributed by atoms with van der Waals surface area (Å²) in [5.74, 6) is -1.22. The molecule has 0 bridgehead atoms. The molecule has 2 aromatic rings. The molecular formula is C22H21Cl2NO4. The summed E-state index contributed by atoms with van der Waals surface area (Å²) in [5, 5.41) is 12.0. The van der Waals surface area contributed by atoms with Crippen LogP contribution in [0.15, 0.2) is 48.0 Å². The largest absolute Gasteiger partial charge is 0.507 e. The number of aliphatic hydroxyl groups is 1. The van der Waals surface area contributed by atoms with Gasteiger partial charge in [-0.2, -0.15) is 0 Å². The number of amides is 1. The molecule has 1 amide bonds. The van der Waals surface area contributed by atoms with Gasteiger partial charge < -0.3 is 14.7 Å². The number of likely N-dealkylation sites (tertiary alicyclic amines) is 1. The monoisotopic (exact) mass is 433 g/mol. The molecule has 2 aromatic carbocycles.